The lowest BCUT2D eigenvalue weighted by Crippen LogP contribution is -2.21. The SMILES string of the molecule is CC(=O)c1ccccc1NC(=O)COC(=O)CCCc1nc2ccccc2s1. The van der Waals surface area contributed by atoms with E-state index in [-0.39, 0.29) is 18.8 Å². The number of ether oxygens (including phenoxy) is 1. The number of carbonyl (C=O) groups is 3. The molecule has 3 rings (SSSR count). The van der Waals surface area contributed by atoms with Gasteiger partial charge in [0, 0.05) is 12.0 Å². The number of anilines is 1. The fourth-order valence-corrected chi connectivity index (χ4v) is 3.72. The van der Waals surface area contributed by atoms with Gasteiger partial charge >= 0.3 is 5.97 Å². The molecule has 0 unspecified atom stereocenters. The van der Waals surface area contributed by atoms with Crippen LogP contribution in [0.5, 0.6) is 0 Å². The van der Waals surface area contributed by atoms with Gasteiger partial charge in [0.2, 0.25) is 0 Å². The van der Waals surface area contributed by atoms with Crippen molar-refractivity contribution in [1.29, 1.82) is 0 Å². The third-order valence-corrected chi connectivity index (χ3v) is 5.15. The average molecular weight is 396 g/mol. The summed E-state index contributed by atoms with van der Waals surface area (Å²) >= 11 is 1.62. The first kappa shape index (κ1) is 19.7. The van der Waals surface area contributed by atoms with Crippen LogP contribution in [0.3, 0.4) is 0 Å². The van der Waals surface area contributed by atoms with Crippen molar-refractivity contribution in [2.24, 2.45) is 0 Å². The van der Waals surface area contributed by atoms with Crippen molar-refractivity contribution in [2.75, 3.05) is 11.9 Å². The molecule has 0 bridgehead atoms. The van der Waals surface area contributed by atoms with Crippen LogP contribution in [0.4, 0.5) is 5.69 Å². The molecule has 0 fully saturated rings. The maximum atomic E-state index is 12.0. The van der Waals surface area contributed by atoms with E-state index in [0.717, 1.165) is 15.2 Å². The number of thiazole rings is 1. The van der Waals surface area contributed by atoms with Crippen molar-refractivity contribution in [3.8, 4) is 0 Å². The van der Waals surface area contributed by atoms with Gasteiger partial charge in [-0.2, -0.15) is 0 Å². The van der Waals surface area contributed by atoms with Crippen molar-refractivity contribution in [1.82, 2.24) is 4.98 Å². The summed E-state index contributed by atoms with van der Waals surface area (Å²) < 4.78 is 6.15. The Morgan fingerprint density at radius 2 is 1.82 bits per heavy atom. The Kier molecular flexibility index (Phi) is 6.49. The van der Waals surface area contributed by atoms with Crippen LogP contribution in [0.1, 0.15) is 35.1 Å². The Hall–Kier alpha value is -3.06. The minimum absolute atomic E-state index is 0.150. The molecule has 0 aliphatic rings. The van der Waals surface area contributed by atoms with Crippen molar-refractivity contribution < 1.29 is 19.1 Å². The van der Waals surface area contributed by atoms with Gasteiger partial charge in [0.15, 0.2) is 12.4 Å². The topological polar surface area (TPSA) is 85.4 Å². The number of amides is 1. The molecule has 0 atom stereocenters. The number of fused-ring (bicyclic) bond motifs is 1. The molecular formula is C21H20N2O4S. The molecule has 3 aromatic rings. The molecule has 7 heteroatoms. The van der Waals surface area contributed by atoms with Gasteiger partial charge < -0.3 is 10.1 Å². The molecular weight excluding hydrogens is 376 g/mol. The number of rotatable bonds is 8. The second-order valence-corrected chi connectivity index (χ2v) is 7.35. The standard InChI is InChI=1S/C21H20N2O4S/c1-14(24)15-7-2-3-8-16(15)22-19(25)13-27-21(26)12-6-11-20-23-17-9-4-5-10-18(17)28-20/h2-5,7-10H,6,11-13H2,1H3,(H,22,25). The first-order chi connectivity index (χ1) is 13.5. The van der Waals surface area contributed by atoms with Gasteiger partial charge in [0.1, 0.15) is 0 Å². The first-order valence-corrected chi connectivity index (χ1v) is 9.74. The Bertz CT molecular complexity index is 979. The van der Waals surface area contributed by atoms with Crippen LogP contribution in [0, 0.1) is 0 Å². The second-order valence-electron chi connectivity index (χ2n) is 6.24. The molecule has 6 nitrogen and oxygen atoms in total. The van der Waals surface area contributed by atoms with Crippen LogP contribution in [0.2, 0.25) is 0 Å². The minimum Gasteiger partial charge on any atom is -0.456 e. The molecule has 0 radical (unpaired) electrons. The number of hydrogen-bond donors (Lipinski definition) is 1. The third kappa shape index (κ3) is 5.23. The van der Waals surface area contributed by atoms with E-state index in [1.165, 1.54) is 6.92 Å². The van der Waals surface area contributed by atoms with Gasteiger partial charge in [-0.05, 0) is 44.0 Å². The monoisotopic (exact) mass is 396 g/mol. The third-order valence-electron chi connectivity index (χ3n) is 4.05. The van der Waals surface area contributed by atoms with Crippen molar-refractivity contribution in [3.05, 3.63) is 59.1 Å². The van der Waals surface area contributed by atoms with Gasteiger partial charge in [-0.3, -0.25) is 14.4 Å². The summed E-state index contributed by atoms with van der Waals surface area (Å²) in [6.45, 7) is 1.04. The summed E-state index contributed by atoms with van der Waals surface area (Å²) in [6, 6.07) is 14.6. The van der Waals surface area contributed by atoms with Gasteiger partial charge in [0.05, 0.1) is 20.9 Å². The number of hydrogen-bond acceptors (Lipinski definition) is 6. The number of Topliss-reactive ketones (excluding diaryl/α,β-unsaturated/α-hetero) is 1. The molecule has 0 aliphatic carbocycles. The number of benzene rings is 2. The van der Waals surface area contributed by atoms with Gasteiger partial charge in [-0.15, -0.1) is 11.3 Å². The summed E-state index contributed by atoms with van der Waals surface area (Å²) in [5, 5.41) is 3.58. The van der Waals surface area contributed by atoms with E-state index in [1.54, 1.807) is 35.6 Å². The lowest BCUT2D eigenvalue weighted by molar-refractivity contribution is -0.147. The number of para-hydroxylation sites is 2. The van der Waals surface area contributed by atoms with E-state index >= 15 is 0 Å². The molecule has 0 saturated carbocycles. The Balaban J connectivity index is 1.41. The quantitative estimate of drug-likeness (QED) is 0.459. The largest absolute Gasteiger partial charge is 0.456 e. The van der Waals surface area contributed by atoms with Crippen molar-refractivity contribution in [3.63, 3.8) is 0 Å². The number of nitrogens with zero attached hydrogens (tertiary/aromatic N) is 1. The fourth-order valence-electron chi connectivity index (χ4n) is 2.71. The second kappa shape index (κ2) is 9.23. The molecule has 144 valence electrons. The van der Waals surface area contributed by atoms with Crippen LogP contribution in [0.25, 0.3) is 10.2 Å². The number of esters is 1. The van der Waals surface area contributed by atoms with E-state index in [1.807, 2.05) is 24.3 Å². The fraction of sp³-hybridized carbons (Fsp3) is 0.238. The maximum Gasteiger partial charge on any atom is 0.306 e. The maximum absolute atomic E-state index is 12.0. The van der Waals surface area contributed by atoms with Gasteiger partial charge in [0.25, 0.3) is 5.91 Å². The molecule has 28 heavy (non-hydrogen) atoms. The number of carbonyl (C=O) groups excluding carboxylic acids is 3. The summed E-state index contributed by atoms with van der Waals surface area (Å²) in [6.07, 6.45) is 1.51. The van der Waals surface area contributed by atoms with Crippen LogP contribution in [0.15, 0.2) is 48.5 Å². The van der Waals surface area contributed by atoms with E-state index < -0.39 is 11.9 Å². The smallest absolute Gasteiger partial charge is 0.306 e. The normalized spacial score (nSPS) is 10.6. The lowest BCUT2D eigenvalue weighted by atomic mass is 10.1. The van der Waals surface area contributed by atoms with E-state index in [4.69, 9.17) is 4.74 Å². The predicted molar refractivity (Wildman–Crippen MR) is 109 cm³/mol. The minimum atomic E-state index is -0.478. The van der Waals surface area contributed by atoms with Crippen LogP contribution in [-0.4, -0.2) is 29.3 Å². The summed E-state index contributed by atoms with van der Waals surface area (Å²) in [4.78, 5) is 39.9. The molecule has 0 spiro atoms. The highest BCUT2D eigenvalue weighted by molar-refractivity contribution is 7.18. The van der Waals surface area contributed by atoms with E-state index in [2.05, 4.69) is 10.3 Å². The first-order valence-electron chi connectivity index (χ1n) is 8.93. The molecule has 1 aromatic heterocycles. The number of aromatic nitrogens is 1. The number of aryl methyl sites for hydroxylation is 1. The summed E-state index contributed by atoms with van der Waals surface area (Å²) in [5.41, 5.74) is 1.79. The summed E-state index contributed by atoms with van der Waals surface area (Å²) in [5.74, 6) is -1.06. The van der Waals surface area contributed by atoms with Crippen LogP contribution in [-0.2, 0) is 20.7 Å². The molecule has 1 amide bonds. The van der Waals surface area contributed by atoms with Crippen molar-refractivity contribution >= 4 is 44.9 Å². The zero-order chi connectivity index (χ0) is 19.9. The molecule has 0 saturated heterocycles. The van der Waals surface area contributed by atoms with E-state index in [9.17, 15) is 14.4 Å². The van der Waals surface area contributed by atoms with E-state index in [0.29, 0.717) is 24.1 Å². The highest BCUT2D eigenvalue weighted by atomic mass is 32.1. The zero-order valence-corrected chi connectivity index (χ0v) is 16.3. The number of ketones is 1. The Labute approximate surface area is 166 Å². The lowest BCUT2D eigenvalue weighted by Gasteiger charge is -2.09. The zero-order valence-electron chi connectivity index (χ0n) is 15.4. The molecule has 1 heterocycles. The molecule has 0 aliphatic heterocycles. The summed E-state index contributed by atoms with van der Waals surface area (Å²) in [7, 11) is 0. The Morgan fingerprint density at radius 3 is 2.61 bits per heavy atom. The van der Waals surface area contributed by atoms with Crippen LogP contribution < -0.4 is 5.32 Å². The highest BCUT2D eigenvalue weighted by Crippen LogP contribution is 2.22. The predicted octanol–water partition coefficient (Wildman–Crippen LogP) is 4.00. The van der Waals surface area contributed by atoms with Gasteiger partial charge in [-0.25, -0.2) is 4.98 Å². The Morgan fingerprint density at radius 1 is 1.07 bits per heavy atom. The molecule has 2 aromatic carbocycles. The molecule has 1 N–H and O–H groups in total. The highest BCUT2D eigenvalue weighted by Gasteiger charge is 2.12. The number of nitrogens with one attached hydrogen (secondary N) is 1. The average Bonchev–Trinajstić information content (AvgIpc) is 3.09. The van der Waals surface area contributed by atoms with Gasteiger partial charge in [-0.1, -0.05) is 24.3 Å². The van der Waals surface area contributed by atoms with Crippen molar-refractivity contribution in [2.45, 2.75) is 26.2 Å². The van der Waals surface area contributed by atoms with Crippen LogP contribution >= 0.6 is 11.3 Å².